The van der Waals surface area contributed by atoms with E-state index >= 15 is 0 Å². The van der Waals surface area contributed by atoms with E-state index in [0.717, 1.165) is 41.9 Å². The number of carbonyl (C=O) groups is 1. The number of benzene rings is 1. The molecule has 1 amide bonds. The predicted octanol–water partition coefficient (Wildman–Crippen LogP) is 2.64. The van der Waals surface area contributed by atoms with Crippen molar-refractivity contribution in [2.75, 3.05) is 18.1 Å². The normalized spacial score (nSPS) is 20.6. The summed E-state index contributed by atoms with van der Waals surface area (Å²) in [6.07, 6.45) is 3.79. The van der Waals surface area contributed by atoms with E-state index in [-0.39, 0.29) is 5.91 Å². The van der Waals surface area contributed by atoms with Gasteiger partial charge in [0.25, 0.3) is 5.91 Å². The van der Waals surface area contributed by atoms with Gasteiger partial charge in [-0.3, -0.25) is 9.48 Å². The van der Waals surface area contributed by atoms with Gasteiger partial charge in [0.1, 0.15) is 0 Å². The zero-order valence-electron chi connectivity index (χ0n) is 13.4. The monoisotopic (exact) mass is 311 g/mol. The first kappa shape index (κ1) is 14.5. The summed E-state index contributed by atoms with van der Waals surface area (Å²) in [6.45, 7) is 4.84. The van der Waals surface area contributed by atoms with Crippen LogP contribution in [0.25, 0.3) is 0 Å². The first-order chi connectivity index (χ1) is 11.2. The van der Waals surface area contributed by atoms with Gasteiger partial charge in [-0.05, 0) is 24.8 Å². The van der Waals surface area contributed by atoms with Crippen molar-refractivity contribution < 1.29 is 9.53 Å². The Hall–Kier alpha value is -2.14. The Morgan fingerprint density at radius 3 is 3.09 bits per heavy atom. The maximum Gasteiger partial charge on any atom is 0.261 e. The van der Waals surface area contributed by atoms with Crippen molar-refractivity contribution in [3.05, 3.63) is 47.3 Å². The number of nitrogens with zero attached hydrogens (tertiary/aromatic N) is 3. The second-order valence-electron chi connectivity index (χ2n) is 6.46. The summed E-state index contributed by atoms with van der Waals surface area (Å²) in [4.78, 5) is 15.0. The van der Waals surface area contributed by atoms with Crippen LogP contribution in [-0.4, -0.2) is 28.8 Å². The minimum Gasteiger partial charge on any atom is -0.375 e. The van der Waals surface area contributed by atoms with Crippen LogP contribution in [-0.2, 0) is 24.3 Å². The lowest BCUT2D eigenvalue weighted by molar-refractivity contribution is 0.0964. The fourth-order valence-corrected chi connectivity index (χ4v) is 3.48. The molecule has 2 aliphatic rings. The molecule has 5 nitrogen and oxygen atoms in total. The summed E-state index contributed by atoms with van der Waals surface area (Å²) in [6, 6.07) is 7.98. The van der Waals surface area contributed by atoms with Gasteiger partial charge in [-0.15, -0.1) is 0 Å². The van der Waals surface area contributed by atoms with E-state index in [1.807, 2.05) is 33.8 Å². The van der Waals surface area contributed by atoms with Crippen molar-refractivity contribution in [1.82, 2.24) is 9.78 Å². The Labute approximate surface area is 135 Å². The van der Waals surface area contributed by atoms with Gasteiger partial charge >= 0.3 is 0 Å². The highest BCUT2D eigenvalue weighted by Crippen LogP contribution is 2.28. The van der Waals surface area contributed by atoms with Gasteiger partial charge in [-0.1, -0.05) is 25.1 Å². The number of aromatic nitrogens is 2. The van der Waals surface area contributed by atoms with Crippen molar-refractivity contribution in [3.63, 3.8) is 0 Å². The molecule has 2 aliphatic heterocycles. The van der Waals surface area contributed by atoms with E-state index in [4.69, 9.17) is 4.74 Å². The van der Waals surface area contributed by atoms with Crippen LogP contribution in [0, 0.1) is 5.92 Å². The number of carbonyl (C=O) groups excluding carboxylic acids is 1. The summed E-state index contributed by atoms with van der Waals surface area (Å²) in [7, 11) is 0. The number of ether oxygens (including phenoxy) is 1. The van der Waals surface area contributed by atoms with Crippen LogP contribution in [0.1, 0.15) is 35.0 Å². The molecule has 120 valence electrons. The Kier molecular flexibility index (Phi) is 3.65. The van der Waals surface area contributed by atoms with Crippen molar-refractivity contribution in [3.8, 4) is 0 Å². The molecule has 0 saturated heterocycles. The van der Waals surface area contributed by atoms with Crippen LogP contribution in [0.3, 0.4) is 0 Å². The average molecular weight is 311 g/mol. The van der Waals surface area contributed by atoms with Gasteiger partial charge < -0.3 is 9.64 Å². The van der Waals surface area contributed by atoms with Crippen LogP contribution in [0.15, 0.2) is 30.5 Å². The zero-order valence-corrected chi connectivity index (χ0v) is 13.4. The number of fused-ring (bicyclic) bond motifs is 2. The number of anilines is 1. The molecule has 0 spiro atoms. The maximum absolute atomic E-state index is 13.2. The van der Waals surface area contributed by atoms with Crippen LogP contribution < -0.4 is 4.90 Å². The molecular formula is C18H21N3O2. The largest absolute Gasteiger partial charge is 0.375 e. The molecule has 0 saturated carbocycles. The number of hydrogen-bond acceptors (Lipinski definition) is 3. The first-order valence-corrected chi connectivity index (χ1v) is 8.26. The summed E-state index contributed by atoms with van der Waals surface area (Å²) < 4.78 is 7.63. The fourth-order valence-electron chi connectivity index (χ4n) is 3.48. The molecule has 0 N–H and O–H groups in total. The molecule has 23 heavy (non-hydrogen) atoms. The number of hydrogen-bond donors (Lipinski definition) is 0. The third-order valence-corrected chi connectivity index (χ3v) is 4.80. The summed E-state index contributed by atoms with van der Waals surface area (Å²) in [5.74, 6) is 0.642. The number of rotatable bonds is 1. The molecular weight excluding hydrogens is 290 g/mol. The van der Waals surface area contributed by atoms with E-state index in [1.54, 1.807) is 6.20 Å². The van der Waals surface area contributed by atoms with Crippen molar-refractivity contribution in [2.24, 2.45) is 5.92 Å². The van der Waals surface area contributed by atoms with E-state index in [9.17, 15) is 4.79 Å². The van der Waals surface area contributed by atoms with Gasteiger partial charge in [0.2, 0.25) is 0 Å². The number of para-hydroxylation sites is 1. The lowest BCUT2D eigenvalue weighted by Gasteiger charge is -2.24. The highest BCUT2D eigenvalue weighted by atomic mass is 16.5. The molecule has 2 aromatic rings. The van der Waals surface area contributed by atoms with Crippen molar-refractivity contribution >= 4 is 11.6 Å². The first-order valence-electron chi connectivity index (χ1n) is 8.26. The molecule has 3 heterocycles. The zero-order chi connectivity index (χ0) is 15.8. The average Bonchev–Trinajstić information content (AvgIpc) is 2.85. The third-order valence-electron chi connectivity index (χ3n) is 4.80. The Bertz CT molecular complexity index is 738. The van der Waals surface area contributed by atoms with E-state index in [0.29, 0.717) is 25.7 Å². The molecule has 1 aromatic carbocycles. The second kappa shape index (κ2) is 5.81. The van der Waals surface area contributed by atoms with Crippen LogP contribution in [0.5, 0.6) is 0 Å². The van der Waals surface area contributed by atoms with Crippen molar-refractivity contribution in [1.29, 1.82) is 0 Å². The van der Waals surface area contributed by atoms with Crippen molar-refractivity contribution in [2.45, 2.75) is 32.9 Å². The van der Waals surface area contributed by atoms with E-state index in [1.165, 1.54) is 0 Å². The van der Waals surface area contributed by atoms with Crippen LogP contribution >= 0.6 is 0 Å². The second-order valence-corrected chi connectivity index (χ2v) is 6.46. The Morgan fingerprint density at radius 1 is 1.30 bits per heavy atom. The molecule has 4 rings (SSSR count). The standard InChI is InChI=1S/C18H21N3O2/c1-13-6-7-21-17(10-13)15(11-19-21)18(22)20-8-9-23-12-14-4-2-3-5-16(14)20/h2-5,11,13H,6-10,12H2,1H3. The molecule has 0 aliphatic carbocycles. The molecule has 0 radical (unpaired) electrons. The number of amides is 1. The van der Waals surface area contributed by atoms with Gasteiger partial charge in [-0.25, -0.2) is 0 Å². The smallest absolute Gasteiger partial charge is 0.261 e. The van der Waals surface area contributed by atoms with Gasteiger partial charge in [0.15, 0.2) is 0 Å². The topological polar surface area (TPSA) is 47.4 Å². The van der Waals surface area contributed by atoms with Gasteiger partial charge in [0.05, 0.1) is 30.7 Å². The third kappa shape index (κ3) is 2.55. The lowest BCUT2D eigenvalue weighted by Crippen LogP contribution is -2.34. The SMILES string of the molecule is CC1CCn2ncc(C(=O)N3CCOCc4ccccc43)c2C1. The summed E-state index contributed by atoms with van der Waals surface area (Å²) in [5.41, 5.74) is 3.84. The van der Waals surface area contributed by atoms with Crippen LogP contribution in [0.4, 0.5) is 5.69 Å². The minimum atomic E-state index is 0.0401. The van der Waals surface area contributed by atoms with E-state index < -0.39 is 0 Å². The highest BCUT2D eigenvalue weighted by molar-refractivity contribution is 6.07. The molecule has 0 bridgehead atoms. The summed E-state index contributed by atoms with van der Waals surface area (Å²) >= 11 is 0. The predicted molar refractivity (Wildman–Crippen MR) is 87.5 cm³/mol. The number of aryl methyl sites for hydroxylation is 1. The van der Waals surface area contributed by atoms with Crippen LogP contribution in [0.2, 0.25) is 0 Å². The lowest BCUT2D eigenvalue weighted by atomic mass is 9.96. The van der Waals surface area contributed by atoms with Gasteiger partial charge in [0, 0.05) is 24.3 Å². The highest BCUT2D eigenvalue weighted by Gasteiger charge is 2.28. The molecule has 1 unspecified atom stereocenters. The quantitative estimate of drug-likeness (QED) is 0.813. The fraction of sp³-hybridized carbons (Fsp3) is 0.444. The Morgan fingerprint density at radius 2 is 2.17 bits per heavy atom. The molecule has 5 heteroatoms. The Balaban J connectivity index is 1.71. The van der Waals surface area contributed by atoms with E-state index in [2.05, 4.69) is 12.0 Å². The summed E-state index contributed by atoms with van der Waals surface area (Å²) in [5, 5.41) is 4.42. The van der Waals surface area contributed by atoms with Gasteiger partial charge in [-0.2, -0.15) is 5.10 Å². The maximum atomic E-state index is 13.2. The minimum absolute atomic E-state index is 0.0401. The molecule has 0 fully saturated rings. The molecule has 1 aromatic heterocycles. The molecule has 1 atom stereocenters.